The maximum absolute atomic E-state index is 11.9. The highest BCUT2D eigenvalue weighted by Crippen LogP contribution is 2.15. The Labute approximate surface area is 145 Å². The van der Waals surface area contributed by atoms with Crippen LogP contribution in [0.25, 0.3) is 0 Å². The van der Waals surface area contributed by atoms with Gasteiger partial charge in [0.25, 0.3) is 0 Å². The van der Waals surface area contributed by atoms with Gasteiger partial charge in [0, 0.05) is 30.7 Å². The largest absolute Gasteiger partial charge is 0.378 e. The van der Waals surface area contributed by atoms with E-state index in [1.807, 2.05) is 30.6 Å². The highest BCUT2D eigenvalue weighted by atomic mass is 32.1. The fraction of sp³-hybridized carbons (Fsp3) is 0.412. The lowest BCUT2D eigenvalue weighted by Gasteiger charge is -2.27. The van der Waals surface area contributed by atoms with Crippen LogP contribution in [-0.2, 0) is 17.8 Å². The van der Waals surface area contributed by atoms with E-state index >= 15 is 0 Å². The second-order valence-electron chi connectivity index (χ2n) is 5.69. The normalized spacial score (nSPS) is 14.5. The number of nitrogens with zero attached hydrogens (tertiary/aromatic N) is 2. The van der Waals surface area contributed by atoms with Gasteiger partial charge in [-0.1, -0.05) is 6.07 Å². The summed E-state index contributed by atoms with van der Waals surface area (Å²) in [5.41, 5.74) is 2.19. The SMILES string of the molecule is Cc1ccsc1CNC(=O)NCc1ccc(N2CCOCC2)nc1. The van der Waals surface area contributed by atoms with Crippen LogP contribution in [-0.4, -0.2) is 37.3 Å². The van der Waals surface area contributed by atoms with Crippen molar-refractivity contribution in [2.24, 2.45) is 0 Å². The van der Waals surface area contributed by atoms with E-state index in [1.165, 1.54) is 10.4 Å². The van der Waals surface area contributed by atoms with Crippen LogP contribution in [0.4, 0.5) is 10.6 Å². The van der Waals surface area contributed by atoms with E-state index in [-0.39, 0.29) is 6.03 Å². The van der Waals surface area contributed by atoms with Gasteiger partial charge >= 0.3 is 6.03 Å². The summed E-state index contributed by atoms with van der Waals surface area (Å²) in [6.45, 7) is 6.30. The molecule has 0 radical (unpaired) electrons. The number of anilines is 1. The molecule has 0 spiro atoms. The number of rotatable bonds is 5. The minimum Gasteiger partial charge on any atom is -0.378 e. The van der Waals surface area contributed by atoms with Gasteiger partial charge in [-0.3, -0.25) is 0 Å². The minimum absolute atomic E-state index is 0.167. The number of carbonyl (C=O) groups excluding carboxylic acids is 1. The zero-order valence-electron chi connectivity index (χ0n) is 13.7. The molecule has 2 aromatic heterocycles. The minimum atomic E-state index is -0.167. The van der Waals surface area contributed by atoms with E-state index in [1.54, 1.807) is 11.3 Å². The first-order chi connectivity index (χ1) is 11.7. The molecular weight excluding hydrogens is 324 g/mol. The van der Waals surface area contributed by atoms with Gasteiger partial charge < -0.3 is 20.3 Å². The van der Waals surface area contributed by atoms with Crippen molar-refractivity contribution >= 4 is 23.2 Å². The molecule has 7 heteroatoms. The van der Waals surface area contributed by atoms with E-state index in [2.05, 4.69) is 26.6 Å². The third-order valence-corrected chi connectivity index (χ3v) is 5.00. The molecule has 0 unspecified atom stereocenters. The Morgan fingerprint density at radius 1 is 1.25 bits per heavy atom. The lowest BCUT2D eigenvalue weighted by Crippen LogP contribution is -2.36. The van der Waals surface area contributed by atoms with Gasteiger partial charge in [-0.15, -0.1) is 11.3 Å². The predicted octanol–water partition coefficient (Wildman–Crippen LogP) is 2.29. The lowest BCUT2D eigenvalue weighted by molar-refractivity contribution is 0.122. The van der Waals surface area contributed by atoms with E-state index in [0.29, 0.717) is 13.1 Å². The van der Waals surface area contributed by atoms with Gasteiger partial charge in [0.15, 0.2) is 0 Å². The molecular formula is C17H22N4O2S. The second-order valence-corrected chi connectivity index (χ2v) is 6.69. The molecule has 3 rings (SSSR count). The lowest BCUT2D eigenvalue weighted by atomic mass is 10.2. The average Bonchev–Trinajstić information content (AvgIpc) is 3.04. The molecule has 128 valence electrons. The average molecular weight is 346 g/mol. The number of pyridine rings is 1. The zero-order valence-corrected chi connectivity index (χ0v) is 14.6. The standard InChI is InChI=1S/C17H22N4O2S/c1-13-4-9-24-15(13)12-20-17(22)19-11-14-2-3-16(18-10-14)21-5-7-23-8-6-21/h2-4,9-10H,5-8,11-12H2,1H3,(H2,19,20,22). The van der Waals surface area contributed by atoms with E-state index in [0.717, 1.165) is 37.7 Å². The zero-order chi connectivity index (χ0) is 16.8. The predicted molar refractivity (Wildman–Crippen MR) is 95.4 cm³/mol. The molecule has 1 aliphatic rings. The number of urea groups is 1. The summed E-state index contributed by atoms with van der Waals surface area (Å²) in [7, 11) is 0. The van der Waals surface area contributed by atoms with E-state index in [4.69, 9.17) is 4.74 Å². The second kappa shape index (κ2) is 8.12. The molecule has 0 aromatic carbocycles. The molecule has 1 aliphatic heterocycles. The summed E-state index contributed by atoms with van der Waals surface area (Å²) in [6, 6.07) is 5.89. The third kappa shape index (κ3) is 4.46. The van der Waals surface area contributed by atoms with Crippen molar-refractivity contribution in [3.8, 4) is 0 Å². The monoisotopic (exact) mass is 346 g/mol. The van der Waals surface area contributed by atoms with Crippen LogP contribution < -0.4 is 15.5 Å². The number of carbonyl (C=O) groups is 1. The molecule has 6 nitrogen and oxygen atoms in total. The van der Waals surface area contributed by atoms with Crippen molar-refractivity contribution in [1.29, 1.82) is 0 Å². The highest BCUT2D eigenvalue weighted by molar-refractivity contribution is 7.10. The van der Waals surface area contributed by atoms with Gasteiger partial charge in [-0.2, -0.15) is 0 Å². The molecule has 24 heavy (non-hydrogen) atoms. The molecule has 2 aromatic rings. The van der Waals surface area contributed by atoms with Gasteiger partial charge in [0.1, 0.15) is 5.82 Å². The highest BCUT2D eigenvalue weighted by Gasteiger charge is 2.12. The van der Waals surface area contributed by atoms with Crippen LogP contribution in [0.5, 0.6) is 0 Å². The number of hydrogen-bond acceptors (Lipinski definition) is 5. The topological polar surface area (TPSA) is 66.5 Å². The Morgan fingerprint density at radius 2 is 2.04 bits per heavy atom. The molecule has 3 heterocycles. The van der Waals surface area contributed by atoms with Crippen molar-refractivity contribution < 1.29 is 9.53 Å². The fourth-order valence-electron chi connectivity index (χ4n) is 2.49. The van der Waals surface area contributed by atoms with Gasteiger partial charge in [-0.25, -0.2) is 9.78 Å². The maximum Gasteiger partial charge on any atom is 0.315 e. The van der Waals surface area contributed by atoms with Crippen LogP contribution in [0.3, 0.4) is 0 Å². The Balaban J connectivity index is 1.44. The molecule has 2 amide bonds. The number of ether oxygens (including phenoxy) is 1. The van der Waals surface area contributed by atoms with Crippen molar-refractivity contribution in [3.05, 3.63) is 45.8 Å². The smallest absolute Gasteiger partial charge is 0.315 e. The third-order valence-electron chi connectivity index (χ3n) is 3.97. The van der Waals surface area contributed by atoms with Crippen molar-refractivity contribution in [2.75, 3.05) is 31.2 Å². The van der Waals surface area contributed by atoms with Crippen LogP contribution in [0.15, 0.2) is 29.8 Å². The summed E-state index contributed by atoms with van der Waals surface area (Å²) < 4.78 is 5.34. The summed E-state index contributed by atoms with van der Waals surface area (Å²) >= 11 is 1.66. The first kappa shape index (κ1) is 16.7. The van der Waals surface area contributed by atoms with Gasteiger partial charge in [0.2, 0.25) is 0 Å². The fourth-order valence-corrected chi connectivity index (χ4v) is 3.34. The van der Waals surface area contributed by atoms with Gasteiger partial charge in [0.05, 0.1) is 19.8 Å². The van der Waals surface area contributed by atoms with Crippen LogP contribution in [0.1, 0.15) is 16.0 Å². The van der Waals surface area contributed by atoms with Crippen LogP contribution in [0, 0.1) is 6.92 Å². The number of aryl methyl sites for hydroxylation is 1. The number of hydrogen-bond donors (Lipinski definition) is 2. The van der Waals surface area contributed by atoms with Crippen molar-refractivity contribution in [1.82, 2.24) is 15.6 Å². The Morgan fingerprint density at radius 3 is 2.71 bits per heavy atom. The quantitative estimate of drug-likeness (QED) is 0.872. The summed E-state index contributed by atoms with van der Waals surface area (Å²) in [5.74, 6) is 0.958. The molecule has 1 fully saturated rings. The molecule has 0 bridgehead atoms. The molecule has 0 saturated carbocycles. The van der Waals surface area contributed by atoms with Gasteiger partial charge in [-0.05, 0) is 35.6 Å². The number of nitrogens with one attached hydrogen (secondary N) is 2. The number of amides is 2. The van der Waals surface area contributed by atoms with E-state index < -0.39 is 0 Å². The van der Waals surface area contributed by atoms with Crippen molar-refractivity contribution in [2.45, 2.75) is 20.0 Å². The molecule has 0 aliphatic carbocycles. The first-order valence-electron chi connectivity index (χ1n) is 8.04. The Hall–Kier alpha value is -2.12. The Kier molecular flexibility index (Phi) is 5.66. The molecule has 1 saturated heterocycles. The summed E-state index contributed by atoms with van der Waals surface area (Å²) in [4.78, 5) is 19.7. The molecule has 2 N–H and O–H groups in total. The number of aromatic nitrogens is 1. The number of thiophene rings is 1. The summed E-state index contributed by atoms with van der Waals surface area (Å²) in [5, 5.41) is 7.77. The first-order valence-corrected chi connectivity index (χ1v) is 8.92. The van der Waals surface area contributed by atoms with Crippen LogP contribution in [0.2, 0.25) is 0 Å². The van der Waals surface area contributed by atoms with Crippen LogP contribution >= 0.6 is 11.3 Å². The number of morpholine rings is 1. The molecule has 0 atom stereocenters. The Bertz CT molecular complexity index is 665. The van der Waals surface area contributed by atoms with Crippen molar-refractivity contribution in [3.63, 3.8) is 0 Å². The maximum atomic E-state index is 11.9. The summed E-state index contributed by atoms with van der Waals surface area (Å²) in [6.07, 6.45) is 1.81. The van der Waals surface area contributed by atoms with E-state index in [9.17, 15) is 4.79 Å².